The molecule has 0 aliphatic heterocycles. The number of aryl methyl sites for hydroxylation is 1. The molecule has 0 heterocycles. The highest BCUT2D eigenvalue weighted by atomic mass is 16.6. The van der Waals surface area contributed by atoms with Gasteiger partial charge in [-0.25, -0.2) is 0 Å². The van der Waals surface area contributed by atoms with Crippen molar-refractivity contribution in [1.82, 2.24) is 0 Å². The molecule has 0 bridgehead atoms. The summed E-state index contributed by atoms with van der Waals surface area (Å²) >= 11 is 0. The minimum Gasteiger partial charge on any atom is -0.482 e. The lowest BCUT2D eigenvalue weighted by molar-refractivity contribution is -0.386. The fourth-order valence-corrected chi connectivity index (χ4v) is 2.30. The molecule has 2 N–H and O–H groups in total. The van der Waals surface area contributed by atoms with E-state index in [1.54, 1.807) is 6.07 Å². The molecule has 1 aromatic carbocycles. The van der Waals surface area contributed by atoms with E-state index in [0.717, 1.165) is 31.2 Å². The molecule has 1 aliphatic carbocycles. The van der Waals surface area contributed by atoms with Crippen LogP contribution in [0.15, 0.2) is 18.2 Å². The molecule has 0 aromatic heterocycles. The first-order valence-corrected chi connectivity index (χ1v) is 6.25. The van der Waals surface area contributed by atoms with Crippen molar-refractivity contribution < 1.29 is 9.66 Å². The highest BCUT2D eigenvalue weighted by Gasteiger charge is 2.26. The molecular weight excluding hydrogens is 232 g/mol. The van der Waals surface area contributed by atoms with Gasteiger partial charge in [-0.1, -0.05) is 12.5 Å². The smallest absolute Gasteiger partial charge is 0.311 e. The van der Waals surface area contributed by atoms with E-state index in [0.29, 0.717) is 5.75 Å². The van der Waals surface area contributed by atoms with Crippen molar-refractivity contribution in [3.05, 3.63) is 33.9 Å². The summed E-state index contributed by atoms with van der Waals surface area (Å²) in [6, 6.07) is 4.98. The highest BCUT2D eigenvalue weighted by Crippen LogP contribution is 2.31. The Labute approximate surface area is 106 Å². The van der Waals surface area contributed by atoms with Gasteiger partial charge in [-0.2, -0.15) is 0 Å². The van der Waals surface area contributed by atoms with Crippen LogP contribution in [0.2, 0.25) is 0 Å². The number of hydrogen-bond donors (Lipinski definition) is 1. The minimum absolute atomic E-state index is 0.0211. The van der Waals surface area contributed by atoms with Gasteiger partial charge >= 0.3 is 5.69 Å². The number of nitro groups is 1. The van der Waals surface area contributed by atoms with Crippen LogP contribution in [0.4, 0.5) is 5.69 Å². The number of rotatable bonds is 3. The van der Waals surface area contributed by atoms with E-state index in [-0.39, 0.29) is 17.8 Å². The molecule has 0 spiro atoms. The van der Waals surface area contributed by atoms with E-state index in [1.807, 2.05) is 13.0 Å². The molecule has 2 unspecified atom stereocenters. The first kappa shape index (κ1) is 12.8. The van der Waals surface area contributed by atoms with Crippen LogP contribution in [0.25, 0.3) is 0 Å². The van der Waals surface area contributed by atoms with Gasteiger partial charge in [-0.3, -0.25) is 10.1 Å². The van der Waals surface area contributed by atoms with Gasteiger partial charge in [0.25, 0.3) is 0 Å². The monoisotopic (exact) mass is 250 g/mol. The van der Waals surface area contributed by atoms with E-state index in [2.05, 4.69) is 0 Å². The molecule has 5 nitrogen and oxygen atoms in total. The first-order chi connectivity index (χ1) is 8.58. The average molecular weight is 250 g/mol. The van der Waals surface area contributed by atoms with Crippen molar-refractivity contribution >= 4 is 5.69 Å². The number of nitro benzene ring substituents is 1. The van der Waals surface area contributed by atoms with Crippen molar-refractivity contribution in [3.8, 4) is 5.75 Å². The number of hydrogen-bond acceptors (Lipinski definition) is 4. The number of nitrogens with two attached hydrogens (primary N) is 1. The van der Waals surface area contributed by atoms with E-state index >= 15 is 0 Å². The molecular formula is C13H18N2O3. The zero-order valence-corrected chi connectivity index (χ0v) is 10.5. The molecule has 18 heavy (non-hydrogen) atoms. The standard InChI is InChI=1S/C13H18N2O3/c1-9-6-7-13(11(8-9)15(16)17)18-12-5-3-2-4-10(12)14/h6-8,10,12H,2-5,14H2,1H3. The number of nitrogens with zero attached hydrogens (tertiary/aromatic N) is 1. The normalized spacial score (nSPS) is 23.7. The molecule has 98 valence electrons. The Morgan fingerprint density at radius 3 is 2.78 bits per heavy atom. The lowest BCUT2D eigenvalue weighted by Gasteiger charge is -2.28. The van der Waals surface area contributed by atoms with Crippen molar-refractivity contribution in [3.63, 3.8) is 0 Å². The fourth-order valence-electron chi connectivity index (χ4n) is 2.30. The van der Waals surface area contributed by atoms with E-state index in [9.17, 15) is 10.1 Å². The fraction of sp³-hybridized carbons (Fsp3) is 0.538. The Hall–Kier alpha value is -1.62. The maximum atomic E-state index is 11.0. The van der Waals surface area contributed by atoms with Crippen molar-refractivity contribution in [2.24, 2.45) is 5.73 Å². The van der Waals surface area contributed by atoms with Crippen LogP contribution in [0.1, 0.15) is 31.2 Å². The maximum absolute atomic E-state index is 11.0. The second-order valence-corrected chi connectivity index (χ2v) is 4.83. The summed E-state index contributed by atoms with van der Waals surface area (Å²) in [5.74, 6) is 0.327. The van der Waals surface area contributed by atoms with Gasteiger partial charge in [0.1, 0.15) is 6.10 Å². The zero-order chi connectivity index (χ0) is 13.1. The van der Waals surface area contributed by atoms with Gasteiger partial charge in [0.15, 0.2) is 5.75 Å². The van der Waals surface area contributed by atoms with Crippen LogP contribution in [0.5, 0.6) is 5.75 Å². The van der Waals surface area contributed by atoms with Gasteiger partial charge in [0, 0.05) is 12.1 Å². The molecule has 1 fully saturated rings. The van der Waals surface area contributed by atoms with Crippen LogP contribution >= 0.6 is 0 Å². The van der Waals surface area contributed by atoms with Crippen molar-refractivity contribution in [2.75, 3.05) is 0 Å². The summed E-state index contributed by atoms with van der Waals surface area (Å²) in [6.07, 6.45) is 3.85. The van der Waals surface area contributed by atoms with Gasteiger partial charge in [0.2, 0.25) is 0 Å². The number of ether oxygens (including phenoxy) is 1. The van der Waals surface area contributed by atoms with E-state index < -0.39 is 4.92 Å². The summed E-state index contributed by atoms with van der Waals surface area (Å²) in [7, 11) is 0. The van der Waals surface area contributed by atoms with E-state index in [4.69, 9.17) is 10.5 Å². The summed E-state index contributed by atoms with van der Waals surface area (Å²) in [5.41, 5.74) is 6.86. The van der Waals surface area contributed by atoms with Crippen molar-refractivity contribution in [1.29, 1.82) is 0 Å². The molecule has 1 aromatic rings. The third kappa shape index (κ3) is 2.79. The average Bonchev–Trinajstić information content (AvgIpc) is 2.34. The van der Waals surface area contributed by atoms with Crippen LogP contribution in [0.3, 0.4) is 0 Å². The Kier molecular flexibility index (Phi) is 3.81. The van der Waals surface area contributed by atoms with Crippen LogP contribution in [0, 0.1) is 17.0 Å². The topological polar surface area (TPSA) is 78.4 Å². The zero-order valence-electron chi connectivity index (χ0n) is 10.5. The third-order valence-corrected chi connectivity index (χ3v) is 3.34. The molecule has 1 saturated carbocycles. The predicted molar refractivity (Wildman–Crippen MR) is 68.7 cm³/mol. The van der Waals surface area contributed by atoms with Gasteiger partial charge in [0.05, 0.1) is 4.92 Å². The molecule has 0 saturated heterocycles. The summed E-state index contributed by atoms with van der Waals surface area (Å²) in [5, 5.41) is 11.0. The second-order valence-electron chi connectivity index (χ2n) is 4.83. The SMILES string of the molecule is Cc1ccc(OC2CCCCC2N)c([N+](=O)[O-])c1. The summed E-state index contributed by atoms with van der Waals surface area (Å²) in [6.45, 7) is 1.82. The Balaban J connectivity index is 2.20. The van der Waals surface area contributed by atoms with Crippen LogP contribution < -0.4 is 10.5 Å². The molecule has 2 rings (SSSR count). The third-order valence-electron chi connectivity index (χ3n) is 3.34. The van der Waals surface area contributed by atoms with Gasteiger partial charge in [-0.15, -0.1) is 0 Å². The maximum Gasteiger partial charge on any atom is 0.311 e. The minimum atomic E-state index is -0.406. The lowest BCUT2D eigenvalue weighted by Crippen LogP contribution is -2.41. The first-order valence-electron chi connectivity index (χ1n) is 6.25. The Morgan fingerprint density at radius 2 is 2.11 bits per heavy atom. The quantitative estimate of drug-likeness (QED) is 0.660. The Morgan fingerprint density at radius 1 is 1.39 bits per heavy atom. The summed E-state index contributed by atoms with van der Waals surface area (Å²) in [4.78, 5) is 10.6. The van der Waals surface area contributed by atoms with E-state index in [1.165, 1.54) is 6.07 Å². The Bertz CT molecular complexity index is 448. The largest absolute Gasteiger partial charge is 0.482 e. The van der Waals surface area contributed by atoms with Crippen LogP contribution in [-0.4, -0.2) is 17.1 Å². The molecule has 0 radical (unpaired) electrons. The molecule has 1 aliphatic rings. The van der Waals surface area contributed by atoms with Gasteiger partial charge < -0.3 is 10.5 Å². The van der Waals surface area contributed by atoms with Crippen molar-refractivity contribution in [2.45, 2.75) is 44.8 Å². The second kappa shape index (κ2) is 5.35. The highest BCUT2D eigenvalue weighted by molar-refractivity contribution is 5.48. The molecule has 5 heteroatoms. The summed E-state index contributed by atoms with van der Waals surface area (Å²) < 4.78 is 5.75. The predicted octanol–water partition coefficient (Wildman–Crippen LogP) is 2.55. The lowest BCUT2D eigenvalue weighted by atomic mass is 9.93. The number of benzene rings is 1. The molecule has 2 atom stereocenters. The molecule has 0 amide bonds. The van der Waals surface area contributed by atoms with Gasteiger partial charge in [-0.05, 0) is 37.8 Å². The van der Waals surface area contributed by atoms with Crippen LogP contribution in [-0.2, 0) is 0 Å².